The Hall–Kier alpha value is -2.70. The lowest BCUT2D eigenvalue weighted by atomic mass is 10.2. The molecule has 5 nitrogen and oxygen atoms in total. The first-order valence-electron chi connectivity index (χ1n) is 8.03. The number of rotatable bonds is 6. The van der Waals surface area contributed by atoms with E-state index in [1.54, 1.807) is 23.7 Å². The fourth-order valence-electron chi connectivity index (χ4n) is 2.84. The normalized spacial score (nSPS) is 11.4. The highest BCUT2D eigenvalue weighted by molar-refractivity contribution is 7.09. The molecule has 3 heterocycles. The van der Waals surface area contributed by atoms with Crippen LogP contribution in [0.1, 0.15) is 16.5 Å². The van der Waals surface area contributed by atoms with Crippen LogP contribution in [0.15, 0.2) is 69.4 Å². The van der Waals surface area contributed by atoms with Gasteiger partial charge in [-0.05, 0) is 35.7 Å². The zero-order valence-corrected chi connectivity index (χ0v) is 14.3. The fourth-order valence-corrected chi connectivity index (χ4v) is 3.58. The van der Waals surface area contributed by atoms with Crippen molar-refractivity contribution < 1.29 is 4.42 Å². The van der Waals surface area contributed by atoms with Gasteiger partial charge in [0.2, 0.25) is 0 Å². The highest BCUT2D eigenvalue weighted by atomic mass is 32.1. The second kappa shape index (κ2) is 7.04. The van der Waals surface area contributed by atoms with Gasteiger partial charge in [-0.2, -0.15) is 0 Å². The molecule has 0 atom stereocenters. The Kier molecular flexibility index (Phi) is 4.45. The van der Waals surface area contributed by atoms with Crippen LogP contribution in [0.4, 0.5) is 0 Å². The summed E-state index contributed by atoms with van der Waals surface area (Å²) in [6, 6.07) is 15.4. The van der Waals surface area contributed by atoms with Gasteiger partial charge in [-0.25, -0.2) is 4.98 Å². The molecule has 1 aromatic carbocycles. The Bertz CT molecular complexity index is 971. The standard InChI is InChI=1S/C19H17N3O2S/c23-19-16-7-1-2-8-17(16)20-18(21-19)13-22(11-14-5-3-9-24-14)12-15-6-4-10-25-15/h1-10H,11-13H2,(H,20,21,23). The highest BCUT2D eigenvalue weighted by Gasteiger charge is 2.13. The molecule has 0 fully saturated rings. The van der Waals surface area contributed by atoms with Crippen molar-refractivity contribution in [3.05, 3.63) is 87.0 Å². The summed E-state index contributed by atoms with van der Waals surface area (Å²) in [6.07, 6.45) is 1.68. The molecule has 0 unspecified atom stereocenters. The van der Waals surface area contributed by atoms with Gasteiger partial charge < -0.3 is 9.40 Å². The molecule has 126 valence electrons. The summed E-state index contributed by atoms with van der Waals surface area (Å²) in [5, 5.41) is 2.68. The molecule has 0 aliphatic heterocycles. The number of H-pyrrole nitrogens is 1. The van der Waals surface area contributed by atoms with Gasteiger partial charge in [0, 0.05) is 11.4 Å². The minimum Gasteiger partial charge on any atom is -0.468 e. The molecule has 3 aromatic heterocycles. The summed E-state index contributed by atoms with van der Waals surface area (Å²) in [5.41, 5.74) is 0.616. The summed E-state index contributed by atoms with van der Waals surface area (Å²) in [7, 11) is 0. The molecule has 0 amide bonds. The molecular formula is C19H17N3O2S. The molecule has 4 aromatic rings. The third-order valence-corrected chi connectivity index (χ3v) is 4.82. The van der Waals surface area contributed by atoms with Crippen molar-refractivity contribution in [2.45, 2.75) is 19.6 Å². The first-order chi connectivity index (χ1) is 12.3. The molecule has 0 aliphatic carbocycles. The van der Waals surface area contributed by atoms with E-state index >= 15 is 0 Å². The molecule has 25 heavy (non-hydrogen) atoms. The zero-order chi connectivity index (χ0) is 17.1. The van der Waals surface area contributed by atoms with Gasteiger partial charge in [-0.3, -0.25) is 9.69 Å². The number of benzene rings is 1. The molecule has 0 aliphatic rings. The molecule has 0 radical (unpaired) electrons. The number of nitrogens with zero attached hydrogens (tertiary/aromatic N) is 2. The Morgan fingerprint density at radius 2 is 1.96 bits per heavy atom. The van der Waals surface area contributed by atoms with Crippen LogP contribution in [0.3, 0.4) is 0 Å². The lowest BCUT2D eigenvalue weighted by Gasteiger charge is -2.20. The number of furan rings is 1. The Labute approximate surface area is 148 Å². The number of hydrogen-bond donors (Lipinski definition) is 1. The molecule has 0 saturated heterocycles. The molecule has 6 heteroatoms. The van der Waals surface area contributed by atoms with E-state index in [9.17, 15) is 4.79 Å². The van der Waals surface area contributed by atoms with Crippen LogP contribution in [-0.4, -0.2) is 14.9 Å². The van der Waals surface area contributed by atoms with Crippen LogP contribution in [-0.2, 0) is 19.6 Å². The average Bonchev–Trinajstić information content (AvgIpc) is 3.29. The Morgan fingerprint density at radius 3 is 2.76 bits per heavy atom. The van der Waals surface area contributed by atoms with E-state index in [0.717, 1.165) is 17.8 Å². The predicted octanol–water partition coefficient (Wildman–Crippen LogP) is 3.78. The maximum absolute atomic E-state index is 12.3. The van der Waals surface area contributed by atoms with Crippen LogP contribution in [0.25, 0.3) is 10.9 Å². The molecule has 0 saturated carbocycles. The summed E-state index contributed by atoms with van der Waals surface area (Å²) >= 11 is 1.72. The van der Waals surface area contributed by atoms with Crippen molar-refractivity contribution in [2.24, 2.45) is 0 Å². The van der Waals surface area contributed by atoms with Crippen molar-refractivity contribution in [3.63, 3.8) is 0 Å². The van der Waals surface area contributed by atoms with Gasteiger partial charge in [0.05, 0.1) is 30.3 Å². The van der Waals surface area contributed by atoms with Crippen molar-refractivity contribution in [1.29, 1.82) is 0 Å². The van der Waals surface area contributed by atoms with Gasteiger partial charge in [-0.15, -0.1) is 11.3 Å². The van der Waals surface area contributed by atoms with E-state index in [-0.39, 0.29) is 5.56 Å². The Morgan fingerprint density at radius 1 is 1.04 bits per heavy atom. The van der Waals surface area contributed by atoms with Gasteiger partial charge in [0.25, 0.3) is 5.56 Å². The summed E-state index contributed by atoms with van der Waals surface area (Å²) in [4.78, 5) is 23.3. The average molecular weight is 351 g/mol. The second-order valence-corrected chi connectivity index (χ2v) is 6.87. The Balaban J connectivity index is 1.62. The molecule has 4 rings (SSSR count). The predicted molar refractivity (Wildman–Crippen MR) is 98.3 cm³/mol. The largest absolute Gasteiger partial charge is 0.468 e. The van der Waals surface area contributed by atoms with E-state index in [1.807, 2.05) is 36.4 Å². The van der Waals surface area contributed by atoms with E-state index < -0.39 is 0 Å². The number of para-hydroxylation sites is 1. The quantitative estimate of drug-likeness (QED) is 0.574. The van der Waals surface area contributed by atoms with Gasteiger partial charge in [0.1, 0.15) is 11.6 Å². The first-order valence-corrected chi connectivity index (χ1v) is 8.91. The van der Waals surface area contributed by atoms with Crippen LogP contribution in [0.2, 0.25) is 0 Å². The maximum Gasteiger partial charge on any atom is 0.258 e. The summed E-state index contributed by atoms with van der Waals surface area (Å²) < 4.78 is 5.48. The minimum absolute atomic E-state index is 0.102. The van der Waals surface area contributed by atoms with Gasteiger partial charge in [0.15, 0.2) is 0 Å². The number of hydrogen-bond acceptors (Lipinski definition) is 5. The van der Waals surface area contributed by atoms with E-state index in [2.05, 4.69) is 26.3 Å². The van der Waals surface area contributed by atoms with E-state index in [4.69, 9.17) is 4.42 Å². The lowest BCUT2D eigenvalue weighted by molar-refractivity contribution is 0.223. The minimum atomic E-state index is -0.102. The third-order valence-electron chi connectivity index (χ3n) is 3.95. The second-order valence-electron chi connectivity index (χ2n) is 5.83. The van der Waals surface area contributed by atoms with Crippen molar-refractivity contribution in [2.75, 3.05) is 0 Å². The summed E-state index contributed by atoms with van der Waals surface area (Å²) in [5.74, 6) is 1.55. The first kappa shape index (κ1) is 15.8. The highest BCUT2D eigenvalue weighted by Crippen LogP contribution is 2.17. The van der Waals surface area contributed by atoms with E-state index in [0.29, 0.717) is 24.3 Å². The SMILES string of the molecule is O=c1[nH]c(CN(Cc2ccco2)Cc2cccs2)nc2ccccc12. The van der Waals surface area contributed by atoms with Crippen LogP contribution in [0, 0.1) is 0 Å². The molecule has 0 bridgehead atoms. The summed E-state index contributed by atoms with van der Waals surface area (Å²) in [6.45, 7) is 1.97. The number of thiophene rings is 1. The number of nitrogens with one attached hydrogen (secondary N) is 1. The van der Waals surface area contributed by atoms with Crippen LogP contribution < -0.4 is 5.56 Å². The van der Waals surface area contributed by atoms with Crippen LogP contribution >= 0.6 is 11.3 Å². The molecular weight excluding hydrogens is 334 g/mol. The van der Waals surface area contributed by atoms with Crippen molar-refractivity contribution >= 4 is 22.2 Å². The number of fused-ring (bicyclic) bond motifs is 1. The van der Waals surface area contributed by atoms with Crippen LogP contribution in [0.5, 0.6) is 0 Å². The number of aromatic amines is 1. The van der Waals surface area contributed by atoms with Gasteiger partial charge >= 0.3 is 0 Å². The zero-order valence-electron chi connectivity index (χ0n) is 13.5. The van der Waals surface area contributed by atoms with E-state index in [1.165, 1.54) is 4.88 Å². The monoisotopic (exact) mass is 351 g/mol. The molecule has 1 N–H and O–H groups in total. The number of aromatic nitrogens is 2. The lowest BCUT2D eigenvalue weighted by Crippen LogP contribution is -2.25. The van der Waals surface area contributed by atoms with Crippen molar-refractivity contribution in [3.8, 4) is 0 Å². The topological polar surface area (TPSA) is 62.1 Å². The molecule has 0 spiro atoms. The fraction of sp³-hybridized carbons (Fsp3) is 0.158. The third kappa shape index (κ3) is 3.70. The maximum atomic E-state index is 12.3. The van der Waals surface area contributed by atoms with Crippen molar-refractivity contribution in [1.82, 2.24) is 14.9 Å². The van der Waals surface area contributed by atoms with Gasteiger partial charge in [-0.1, -0.05) is 18.2 Å². The smallest absolute Gasteiger partial charge is 0.258 e.